The molecule has 1 unspecified atom stereocenters. The molecule has 19 heavy (non-hydrogen) atoms. The number of nitro benzene ring substituents is 1. The summed E-state index contributed by atoms with van der Waals surface area (Å²) in [5.74, 6) is 0.0315. The van der Waals surface area contributed by atoms with Crippen LogP contribution in [0.3, 0.4) is 0 Å². The standard InChI is InChI=1S/C13H17N3O3/c14-11-2-1-7-15(9-11)13(17)8-10-3-5-12(6-4-10)16(18)19/h3-6,11H,1-2,7-9,14H2. The van der Waals surface area contributed by atoms with Crippen LogP contribution in [0.1, 0.15) is 18.4 Å². The van der Waals surface area contributed by atoms with Crippen LogP contribution in [-0.2, 0) is 11.2 Å². The molecule has 0 bridgehead atoms. The number of benzene rings is 1. The van der Waals surface area contributed by atoms with Gasteiger partial charge in [0.05, 0.1) is 11.3 Å². The Bertz CT molecular complexity index is 473. The van der Waals surface area contributed by atoms with Gasteiger partial charge in [-0.3, -0.25) is 14.9 Å². The summed E-state index contributed by atoms with van der Waals surface area (Å²) < 4.78 is 0. The highest BCUT2D eigenvalue weighted by molar-refractivity contribution is 5.79. The van der Waals surface area contributed by atoms with Crippen molar-refractivity contribution < 1.29 is 9.72 Å². The van der Waals surface area contributed by atoms with E-state index >= 15 is 0 Å². The van der Waals surface area contributed by atoms with Gasteiger partial charge in [-0.1, -0.05) is 12.1 Å². The van der Waals surface area contributed by atoms with Crippen LogP contribution >= 0.6 is 0 Å². The minimum Gasteiger partial charge on any atom is -0.341 e. The van der Waals surface area contributed by atoms with E-state index in [1.54, 1.807) is 17.0 Å². The molecular weight excluding hydrogens is 246 g/mol. The van der Waals surface area contributed by atoms with Gasteiger partial charge in [0.25, 0.3) is 5.69 Å². The molecule has 1 atom stereocenters. The molecule has 0 spiro atoms. The van der Waals surface area contributed by atoms with Gasteiger partial charge >= 0.3 is 0 Å². The minimum absolute atomic E-state index is 0.0315. The van der Waals surface area contributed by atoms with Crippen molar-refractivity contribution in [1.82, 2.24) is 4.90 Å². The molecule has 2 rings (SSSR count). The Kier molecular flexibility index (Phi) is 4.11. The van der Waals surface area contributed by atoms with Gasteiger partial charge in [-0.15, -0.1) is 0 Å². The Labute approximate surface area is 111 Å². The molecule has 1 aromatic rings. The molecule has 102 valence electrons. The molecule has 0 radical (unpaired) electrons. The number of nitro groups is 1. The van der Waals surface area contributed by atoms with Crippen LogP contribution < -0.4 is 5.73 Å². The first-order valence-corrected chi connectivity index (χ1v) is 6.33. The van der Waals surface area contributed by atoms with Crippen molar-refractivity contribution in [3.8, 4) is 0 Å². The zero-order chi connectivity index (χ0) is 13.8. The van der Waals surface area contributed by atoms with Gasteiger partial charge in [-0.05, 0) is 18.4 Å². The smallest absolute Gasteiger partial charge is 0.269 e. The molecule has 2 N–H and O–H groups in total. The first kappa shape index (κ1) is 13.5. The second kappa shape index (κ2) is 5.79. The largest absolute Gasteiger partial charge is 0.341 e. The highest BCUT2D eigenvalue weighted by Gasteiger charge is 2.21. The number of rotatable bonds is 3. The second-order valence-electron chi connectivity index (χ2n) is 4.84. The topological polar surface area (TPSA) is 89.5 Å². The summed E-state index contributed by atoms with van der Waals surface area (Å²) >= 11 is 0. The summed E-state index contributed by atoms with van der Waals surface area (Å²) in [4.78, 5) is 23.9. The van der Waals surface area contributed by atoms with Gasteiger partial charge in [-0.25, -0.2) is 0 Å². The lowest BCUT2D eigenvalue weighted by molar-refractivity contribution is -0.384. The molecule has 6 nitrogen and oxygen atoms in total. The van der Waals surface area contributed by atoms with Crippen molar-refractivity contribution in [3.05, 3.63) is 39.9 Å². The second-order valence-corrected chi connectivity index (χ2v) is 4.84. The predicted octanol–water partition coefficient (Wildman–Crippen LogP) is 1.09. The highest BCUT2D eigenvalue weighted by atomic mass is 16.6. The van der Waals surface area contributed by atoms with E-state index in [2.05, 4.69) is 0 Å². The van der Waals surface area contributed by atoms with E-state index in [1.165, 1.54) is 12.1 Å². The van der Waals surface area contributed by atoms with Crippen LogP contribution in [0.25, 0.3) is 0 Å². The third kappa shape index (κ3) is 3.51. The predicted molar refractivity (Wildman–Crippen MR) is 70.6 cm³/mol. The molecular formula is C13H17N3O3. The maximum Gasteiger partial charge on any atom is 0.269 e. The summed E-state index contributed by atoms with van der Waals surface area (Å²) in [5.41, 5.74) is 6.67. The van der Waals surface area contributed by atoms with E-state index in [9.17, 15) is 14.9 Å². The Hall–Kier alpha value is -1.95. The lowest BCUT2D eigenvalue weighted by Crippen LogP contribution is -2.46. The maximum atomic E-state index is 12.1. The van der Waals surface area contributed by atoms with Crippen LogP contribution in [0.5, 0.6) is 0 Å². The van der Waals surface area contributed by atoms with Gasteiger partial charge in [0.2, 0.25) is 5.91 Å². The Morgan fingerprint density at radius 1 is 1.42 bits per heavy atom. The Balaban J connectivity index is 1.96. The summed E-state index contributed by atoms with van der Waals surface area (Å²) in [5, 5.41) is 10.5. The quantitative estimate of drug-likeness (QED) is 0.653. The summed E-state index contributed by atoms with van der Waals surface area (Å²) in [7, 11) is 0. The van der Waals surface area contributed by atoms with Gasteiger partial charge in [0.1, 0.15) is 0 Å². The van der Waals surface area contributed by atoms with E-state index in [4.69, 9.17) is 5.73 Å². The normalized spacial score (nSPS) is 19.2. The number of piperidine rings is 1. The molecule has 1 amide bonds. The molecule has 0 aromatic heterocycles. The fourth-order valence-corrected chi connectivity index (χ4v) is 2.26. The Morgan fingerprint density at radius 2 is 2.11 bits per heavy atom. The molecule has 1 aromatic carbocycles. The average molecular weight is 263 g/mol. The monoisotopic (exact) mass is 263 g/mol. The number of non-ortho nitro benzene ring substituents is 1. The van der Waals surface area contributed by atoms with Crippen molar-refractivity contribution in [2.24, 2.45) is 5.73 Å². The highest BCUT2D eigenvalue weighted by Crippen LogP contribution is 2.14. The lowest BCUT2D eigenvalue weighted by atomic mass is 10.0. The van der Waals surface area contributed by atoms with Crippen molar-refractivity contribution in [2.45, 2.75) is 25.3 Å². The summed E-state index contributed by atoms with van der Waals surface area (Å²) in [6, 6.07) is 6.16. The number of likely N-dealkylation sites (tertiary alicyclic amines) is 1. The summed E-state index contributed by atoms with van der Waals surface area (Å²) in [6.45, 7) is 1.35. The summed E-state index contributed by atoms with van der Waals surface area (Å²) in [6.07, 6.45) is 2.17. The SMILES string of the molecule is NC1CCCN(C(=O)Cc2ccc([N+](=O)[O-])cc2)C1. The van der Waals surface area contributed by atoms with Crippen LogP contribution in [0.15, 0.2) is 24.3 Å². The van der Waals surface area contributed by atoms with Gasteiger partial charge in [-0.2, -0.15) is 0 Å². The lowest BCUT2D eigenvalue weighted by Gasteiger charge is -2.30. The first-order chi connectivity index (χ1) is 9.06. The van der Waals surface area contributed by atoms with Crippen LogP contribution in [0, 0.1) is 10.1 Å². The molecule has 0 aliphatic carbocycles. The number of nitrogens with two attached hydrogens (primary N) is 1. The van der Waals surface area contributed by atoms with E-state index in [0.29, 0.717) is 6.54 Å². The maximum absolute atomic E-state index is 12.1. The molecule has 1 heterocycles. The average Bonchev–Trinajstić information content (AvgIpc) is 2.39. The van der Waals surface area contributed by atoms with E-state index in [1.807, 2.05) is 0 Å². The first-order valence-electron chi connectivity index (χ1n) is 6.33. The zero-order valence-corrected chi connectivity index (χ0v) is 10.6. The van der Waals surface area contributed by atoms with E-state index < -0.39 is 4.92 Å². The van der Waals surface area contributed by atoms with Crippen molar-refractivity contribution >= 4 is 11.6 Å². The third-order valence-corrected chi connectivity index (χ3v) is 3.31. The third-order valence-electron chi connectivity index (χ3n) is 3.31. The molecule has 0 saturated carbocycles. The number of carbonyl (C=O) groups is 1. The Morgan fingerprint density at radius 3 is 2.68 bits per heavy atom. The molecule has 1 fully saturated rings. The van der Waals surface area contributed by atoms with Gasteiger partial charge < -0.3 is 10.6 Å². The van der Waals surface area contributed by atoms with E-state index in [0.717, 1.165) is 24.9 Å². The number of amides is 1. The van der Waals surface area contributed by atoms with Gasteiger partial charge in [0, 0.05) is 31.3 Å². The fourth-order valence-electron chi connectivity index (χ4n) is 2.26. The number of hydrogen-bond acceptors (Lipinski definition) is 4. The van der Waals surface area contributed by atoms with Crippen molar-refractivity contribution in [3.63, 3.8) is 0 Å². The van der Waals surface area contributed by atoms with Crippen LogP contribution in [0.2, 0.25) is 0 Å². The molecule has 1 aliphatic heterocycles. The van der Waals surface area contributed by atoms with Crippen molar-refractivity contribution in [1.29, 1.82) is 0 Å². The number of hydrogen-bond donors (Lipinski definition) is 1. The van der Waals surface area contributed by atoms with E-state index in [-0.39, 0.29) is 24.1 Å². The molecule has 6 heteroatoms. The number of carbonyl (C=O) groups excluding carboxylic acids is 1. The minimum atomic E-state index is -0.449. The fraction of sp³-hybridized carbons (Fsp3) is 0.462. The van der Waals surface area contributed by atoms with Crippen LogP contribution in [0.4, 0.5) is 5.69 Å². The van der Waals surface area contributed by atoms with Crippen LogP contribution in [-0.4, -0.2) is 34.9 Å². The van der Waals surface area contributed by atoms with Gasteiger partial charge in [0.15, 0.2) is 0 Å². The van der Waals surface area contributed by atoms with Crippen molar-refractivity contribution in [2.75, 3.05) is 13.1 Å². The number of nitrogens with zero attached hydrogens (tertiary/aromatic N) is 2. The molecule has 1 saturated heterocycles. The zero-order valence-electron chi connectivity index (χ0n) is 10.6. The molecule has 1 aliphatic rings.